The molecule has 0 unspecified atom stereocenters. The summed E-state index contributed by atoms with van der Waals surface area (Å²) in [4.78, 5) is 22.2. The summed E-state index contributed by atoms with van der Waals surface area (Å²) in [5.41, 5.74) is 0. The van der Waals surface area contributed by atoms with Crippen molar-refractivity contribution < 1.29 is 9.53 Å². The van der Waals surface area contributed by atoms with Crippen LogP contribution in [0.1, 0.15) is 32.5 Å². The molecule has 1 aliphatic heterocycles. The summed E-state index contributed by atoms with van der Waals surface area (Å²) >= 11 is 3.40. The van der Waals surface area contributed by atoms with Crippen LogP contribution in [0.5, 0.6) is 0 Å². The summed E-state index contributed by atoms with van der Waals surface area (Å²) in [5.74, 6) is 1.65. The van der Waals surface area contributed by atoms with Gasteiger partial charge in [0.1, 0.15) is 16.2 Å². The highest BCUT2D eigenvalue weighted by molar-refractivity contribution is 9.10. The maximum Gasteiger partial charge on any atom is 0.409 e. The number of hydrogen-bond donors (Lipinski definition) is 1. The van der Waals surface area contributed by atoms with Gasteiger partial charge in [0.15, 0.2) is 0 Å². The number of aromatic nitrogens is 2. The molecule has 0 bridgehead atoms. The Bertz CT molecular complexity index is 490. The Morgan fingerprint density at radius 3 is 2.76 bits per heavy atom. The van der Waals surface area contributed by atoms with Crippen LogP contribution < -0.4 is 5.32 Å². The zero-order chi connectivity index (χ0) is 15.2. The standard InChI is InChI=1S/C14H21BrN4O2/c1-3-12-17-11(15)9-13(18-12)16-10-5-7-19(8-6-10)14(20)21-4-2/h9-10H,3-8H2,1-2H3,(H,16,17,18). The number of amides is 1. The molecule has 2 rings (SSSR count). The Hall–Kier alpha value is -1.37. The molecule has 21 heavy (non-hydrogen) atoms. The Kier molecular flexibility index (Phi) is 5.78. The maximum absolute atomic E-state index is 11.6. The van der Waals surface area contributed by atoms with Gasteiger partial charge in [-0.25, -0.2) is 14.8 Å². The first-order valence-corrected chi connectivity index (χ1v) is 8.13. The smallest absolute Gasteiger partial charge is 0.409 e. The molecule has 1 N–H and O–H groups in total. The van der Waals surface area contributed by atoms with Crippen molar-refractivity contribution in [2.45, 2.75) is 39.2 Å². The average Bonchev–Trinajstić information content (AvgIpc) is 2.47. The highest BCUT2D eigenvalue weighted by atomic mass is 79.9. The first-order chi connectivity index (χ1) is 10.1. The summed E-state index contributed by atoms with van der Waals surface area (Å²) in [6.45, 7) is 5.70. The molecule has 0 atom stereocenters. The van der Waals surface area contributed by atoms with E-state index in [0.29, 0.717) is 25.7 Å². The Balaban J connectivity index is 1.89. The third-order valence-electron chi connectivity index (χ3n) is 3.43. The first-order valence-electron chi connectivity index (χ1n) is 7.34. The number of hydrogen-bond acceptors (Lipinski definition) is 5. The first kappa shape index (κ1) is 16.0. The molecule has 116 valence electrons. The van der Waals surface area contributed by atoms with Gasteiger partial charge in [-0.1, -0.05) is 6.92 Å². The Morgan fingerprint density at radius 2 is 2.14 bits per heavy atom. The van der Waals surface area contributed by atoms with E-state index in [1.54, 1.807) is 4.90 Å². The molecule has 0 aliphatic carbocycles. The van der Waals surface area contributed by atoms with Crippen molar-refractivity contribution in [1.29, 1.82) is 0 Å². The predicted octanol–water partition coefficient (Wildman–Crippen LogP) is 2.83. The normalized spacial score (nSPS) is 15.9. The van der Waals surface area contributed by atoms with Crippen LogP contribution in [0.15, 0.2) is 10.7 Å². The van der Waals surface area contributed by atoms with E-state index in [1.165, 1.54) is 0 Å². The van der Waals surface area contributed by atoms with Gasteiger partial charge < -0.3 is 15.0 Å². The molecule has 7 heteroatoms. The van der Waals surface area contributed by atoms with Crippen molar-refractivity contribution in [2.24, 2.45) is 0 Å². The van der Waals surface area contributed by atoms with Crippen molar-refractivity contribution in [3.8, 4) is 0 Å². The van der Waals surface area contributed by atoms with Crippen molar-refractivity contribution in [2.75, 3.05) is 25.0 Å². The van der Waals surface area contributed by atoms with Crippen molar-refractivity contribution >= 4 is 27.8 Å². The molecule has 1 aromatic heterocycles. The average molecular weight is 357 g/mol. The third-order valence-corrected chi connectivity index (χ3v) is 3.84. The van der Waals surface area contributed by atoms with Crippen LogP contribution in [-0.4, -0.2) is 46.7 Å². The quantitative estimate of drug-likeness (QED) is 0.840. The molecule has 1 aliphatic rings. The number of nitrogens with zero attached hydrogens (tertiary/aromatic N) is 3. The number of piperidine rings is 1. The highest BCUT2D eigenvalue weighted by Gasteiger charge is 2.23. The molecule has 1 amide bonds. The fraction of sp³-hybridized carbons (Fsp3) is 0.643. The molecular weight excluding hydrogens is 336 g/mol. The summed E-state index contributed by atoms with van der Waals surface area (Å²) in [7, 11) is 0. The lowest BCUT2D eigenvalue weighted by molar-refractivity contribution is 0.0983. The molecule has 0 spiro atoms. The van der Waals surface area contributed by atoms with Crippen LogP contribution in [0.4, 0.5) is 10.6 Å². The van der Waals surface area contributed by atoms with Crippen LogP contribution >= 0.6 is 15.9 Å². The van der Waals surface area contributed by atoms with E-state index in [2.05, 4.69) is 31.2 Å². The van der Waals surface area contributed by atoms with Gasteiger partial charge in [0, 0.05) is 31.6 Å². The lowest BCUT2D eigenvalue weighted by Crippen LogP contribution is -2.42. The van der Waals surface area contributed by atoms with E-state index in [9.17, 15) is 4.79 Å². The van der Waals surface area contributed by atoms with Crippen LogP contribution in [-0.2, 0) is 11.2 Å². The van der Waals surface area contributed by atoms with Gasteiger partial charge >= 0.3 is 6.09 Å². The number of aryl methyl sites for hydroxylation is 1. The van der Waals surface area contributed by atoms with Crippen LogP contribution in [0.25, 0.3) is 0 Å². The van der Waals surface area contributed by atoms with Crippen LogP contribution in [0.3, 0.4) is 0 Å². The minimum absolute atomic E-state index is 0.214. The van der Waals surface area contributed by atoms with Gasteiger partial charge in [0.25, 0.3) is 0 Å². The number of rotatable bonds is 4. The largest absolute Gasteiger partial charge is 0.450 e. The highest BCUT2D eigenvalue weighted by Crippen LogP contribution is 2.18. The Morgan fingerprint density at radius 1 is 1.43 bits per heavy atom. The molecule has 1 fully saturated rings. The van der Waals surface area contributed by atoms with Gasteiger partial charge in [-0.2, -0.15) is 0 Å². The number of anilines is 1. The lowest BCUT2D eigenvalue weighted by atomic mass is 10.1. The number of likely N-dealkylation sites (tertiary alicyclic amines) is 1. The summed E-state index contributed by atoms with van der Waals surface area (Å²) in [6.07, 6.45) is 2.37. The fourth-order valence-electron chi connectivity index (χ4n) is 2.33. The molecule has 2 heterocycles. The summed E-state index contributed by atoms with van der Waals surface area (Å²) in [6, 6.07) is 2.21. The number of nitrogens with one attached hydrogen (secondary N) is 1. The van der Waals surface area contributed by atoms with E-state index >= 15 is 0 Å². The number of ether oxygens (including phenoxy) is 1. The van der Waals surface area contributed by atoms with Gasteiger partial charge in [0.2, 0.25) is 0 Å². The topological polar surface area (TPSA) is 67.3 Å². The van der Waals surface area contributed by atoms with Gasteiger partial charge in [-0.3, -0.25) is 0 Å². The molecule has 0 saturated carbocycles. The minimum atomic E-state index is -0.214. The van der Waals surface area contributed by atoms with E-state index in [4.69, 9.17) is 4.74 Å². The lowest BCUT2D eigenvalue weighted by Gasteiger charge is -2.31. The van der Waals surface area contributed by atoms with Crippen molar-refractivity contribution in [3.05, 3.63) is 16.5 Å². The van der Waals surface area contributed by atoms with Crippen LogP contribution in [0.2, 0.25) is 0 Å². The second kappa shape index (κ2) is 7.59. The van der Waals surface area contributed by atoms with E-state index in [-0.39, 0.29) is 6.09 Å². The molecule has 6 nitrogen and oxygen atoms in total. The Labute approximate surface area is 133 Å². The molecular formula is C14H21BrN4O2. The van der Waals surface area contributed by atoms with Crippen molar-refractivity contribution in [3.63, 3.8) is 0 Å². The van der Waals surface area contributed by atoms with Gasteiger partial charge in [0.05, 0.1) is 6.61 Å². The number of carbonyl (C=O) groups is 1. The second-order valence-electron chi connectivity index (χ2n) is 4.95. The van der Waals surface area contributed by atoms with E-state index in [1.807, 2.05) is 19.9 Å². The van der Waals surface area contributed by atoms with E-state index < -0.39 is 0 Å². The van der Waals surface area contributed by atoms with E-state index in [0.717, 1.165) is 35.5 Å². The monoisotopic (exact) mass is 356 g/mol. The van der Waals surface area contributed by atoms with Gasteiger partial charge in [-0.15, -0.1) is 0 Å². The van der Waals surface area contributed by atoms with Crippen molar-refractivity contribution in [1.82, 2.24) is 14.9 Å². The number of carbonyl (C=O) groups excluding carboxylic acids is 1. The zero-order valence-electron chi connectivity index (χ0n) is 12.4. The molecule has 0 aromatic carbocycles. The minimum Gasteiger partial charge on any atom is -0.450 e. The predicted molar refractivity (Wildman–Crippen MR) is 84.3 cm³/mol. The second-order valence-corrected chi connectivity index (χ2v) is 5.76. The van der Waals surface area contributed by atoms with Crippen LogP contribution in [0, 0.1) is 0 Å². The number of halogens is 1. The summed E-state index contributed by atoms with van der Waals surface area (Å²) < 4.78 is 5.81. The maximum atomic E-state index is 11.6. The van der Waals surface area contributed by atoms with Gasteiger partial charge in [-0.05, 0) is 35.7 Å². The summed E-state index contributed by atoms with van der Waals surface area (Å²) in [5, 5.41) is 3.43. The fourth-order valence-corrected chi connectivity index (χ4v) is 2.75. The SMILES string of the molecule is CCOC(=O)N1CCC(Nc2cc(Br)nc(CC)n2)CC1. The third kappa shape index (κ3) is 4.56. The molecule has 0 radical (unpaired) electrons. The molecule has 1 aromatic rings. The zero-order valence-corrected chi connectivity index (χ0v) is 14.0. The molecule has 1 saturated heterocycles.